The number of benzene rings is 1. The van der Waals surface area contributed by atoms with Crippen LogP contribution in [-0.2, 0) is 10.0 Å². The summed E-state index contributed by atoms with van der Waals surface area (Å²) in [6.07, 6.45) is 0. The molecule has 1 heterocycles. The third kappa shape index (κ3) is 3.00. The van der Waals surface area contributed by atoms with E-state index in [1.165, 1.54) is 0 Å². The minimum absolute atomic E-state index is 0.322. The molecule has 3 nitrogen and oxygen atoms in total. The first kappa shape index (κ1) is 12.4. The Bertz CT molecular complexity index is 454. The molecule has 88 valence electrons. The number of hydrogen-bond donors (Lipinski definition) is 1. The van der Waals surface area contributed by atoms with E-state index in [4.69, 9.17) is 0 Å². The molecule has 1 aromatic carbocycles. The van der Waals surface area contributed by atoms with Gasteiger partial charge in [-0.05, 0) is 41.7 Å². The van der Waals surface area contributed by atoms with Crippen molar-refractivity contribution in [1.82, 2.24) is 4.72 Å². The molecule has 0 spiro atoms. The standard InChI is InChI=1S/C10H12BrNO2S2/c11-9-1-3-10(4-2-9)16(13,14)12-5-8-6-15-7-8/h1-4,8,12H,5-7H2. The van der Waals surface area contributed by atoms with Crippen LogP contribution < -0.4 is 4.72 Å². The first-order chi connectivity index (χ1) is 7.58. The number of halogens is 1. The molecule has 0 atom stereocenters. The largest absolute Gasteiger partial charge is 0.240 e. The van der Waals surface area contributed by atoms with Crippen molar-refractivity contribution in [2.75, 3.05) is 18.1 Å². The molecule has 2 rings (SSSR count). The van der Waals surface area contributed by atoms with E-state index in [9.17, 15) is 8.42 Å². The molecule has 0 radical (unpaired) electrons. The smallest absolute Gasteiger partial charge is 0.211 e. The van der Waals surface area contributed by atoms with Gasteiger partial charge < -0.3 is 0 Å². The molecule has 0 saturated carbocycles. The zero-order valence-corrected chi connectivity index (χ0v) is 11.7. The Morgan fingerprint density at radius 1 is 1.31 bits per heavy atom. The maximum atomic E-state index is 11.9. The van der Waals surface area contributed by atoms with Gasteiger partial charge in [-0.3, -0.25) is 0 Å². The quantitative estimate of drug-likeness (QED) is 0.923. The summed E-state index contributed by atoms with van der Waals surface area (Å²) in [6.45, 7) is 0.547. The minimum atomic E-state index is -3.33. The van der Waals surface area contributed by atoms with Crippen LogP contribution in [0, 0.1) is 5.92 Å². The van der Waals surface area contributed by atoms with Crippen molar-refractivity contribution in [3.8, 4) is 0 Å². The van der Waals surface area contributed by atoms with E-state index in [2.05, 4.69) is 20.7 Å². The Hall–Kier alpha value is -0.0400. The van der Waals surface area contributed by atoms with Crippen molar-refractivity contribution in [2.24, 2.45) is 5.92 Å². The van der Waals surface area contributed by atoms with E-state index in [0.717, 1.165) is 16.0 Å². The number of sulfonamides is 1. The van der Waals surface area contributed by atoms with Crippen molar-refractivity contribution in [3.63, 3.8) is 0 Å². The fourth-order valence-electron chi connectivity index (χ4n) is 1.33. The molecule has 0 unspecified atom stereocenters. The van der Waals surface area contributed by atoms with Gasteiger partial charge in [0, 0.05) is 11.0 Å². The summed E-state index contributed by atoms with van der Waals surface area (Å²) in [7, 11) is -3.33. The highest BCUT2D eigenvalue weighted by Crippen LogP contribution is 2.24. The van der Waals surface area contributed by atoms with Crippen LogP contribution in [0.2, 0.25) is 0 Å². The summed E-state index contributed by atoms with van der Waals surface area (Å²) in [6, 6.07) is 6.66. The number of thioether (sulfide) groups is 1. The monoisotopic (exact) mass is 321 g/mol. The summed E-state index contributed by atoms with van der Waals surface area (Å²) in [5, 5.41) is 0. The van der Waals surface area contributed by atoms with Gasteiger partial charge in [0.2, 0.25) is 10.0 Å². The molecule has 1 aliphatic heterocycles. The van der Waals surface area contributed by atoms with Gasteiger partial charge in [-0.25, -0.2) is 13.1 Å². The van der Waals surface area contributed by atoms with E-state index in [-0.39, 0.29) is 0 Å². The van der Waals surface area contributed by atoms with Gasteiger partial charge in [-0.1, -0.05) is 15.9 Å². The highest BCUT2D eigenvalue weighted by atomic mass is 79.9. The molecule has 1 N–H and O–H groups in total. The Morgan fingerprint density at radius 3 is 2.44 bits per heavy atom. The van der Waals surface area contributed by atoms with Gasteiger partial charge >= 0.3 is 0 Å². The molecule has 0 aliphatic carbocycles. The molecular weight excluding hydrogens is 310 g/mol. The Labute approximate surface area is 108 Å². The lowest BCUT2D eigenvalue weighted by molar-refractivity contribution is 0.558. The molecule has 1 saturated heterocycles. The van der Waals surface area contributed by atoms with Crippen LogP contribution in [0.5, 0.6) is 0 Å². The molecule has 6 heteroatoms. The molecule has 0 bridgehead atoms. The first-order valence-corrected chi connectivity index (χ1v) is 8.34. The van der Waals surface area contributed by atoms with Crippen molar-refractivity contribution in [2.45, 2.75) is 4.90 Å². The topological polar surface area (TPSA) is 46.2 Å². The number of hydrogen-bond acceptors (Lipinski definition) is 3. The summed E-state index contributed by atoms with van der Waals surface area (Å²) in [5.41, 5.74) is 0. The van der Waals surface area contributed by atoms with Gasteiger partial charge in [0.15, 0.2) is 0 Å². The normalized spacial score (nSPS) is 17.1. The zero-order valence-electron chi connectivity index (χ0n) is 8.52. The summed E-state index contributed by atoms with van der Waals surface area (Å²) >= 11 is 5.13. The fraction of sp³-hybridized carbons (Fsp3) is 0.400. The third-order valence-corrected chi connectivity index (χ3v) is 5.78. The minimum Gasteiger partial charge on any atom is -0.211 e. The maximum Gasteiger partial charge on any atom is 0.240 e. The fourth-order valence-corrected chi connectivity index (χ4v) is 3.51. The second-order valence-electron chi connectivity index (χ2n) is 3.71. The predicted molar refractivity (Wildman–Crippen MR) is 70.1 cm³/mol. The van der Waals surface area contributed by atoms with E-state index in [0.29, 0.717) is 17.4 Å². The van der Waals surface area contributed by atoms with Gasteiger partial charge in [-0.2, -0.15) is 11.8 Å². The number of rotatable bonds is 4. The van der Waals surface area contributed by atoms with Gasteiger partial charge in [0.25, 0.3) is 0 Å². The first-order valence-electron chi connectivity index (χ1n) is 4.91. The Balaban J connectivity index is 2.02. The summed E-state index contributed by atoms with van der Waals surface area (Å²) in [4.78, 5) is 0.322. The molecule has 0 aromatic heterocycles. The van der Waals surface area contributed by atoms with Crippen LogP contribution in [0.25, 0.3) is 0 Å². The van der Waals surface area contributed by atoms with Crippen molar-refractivity contribution in [1.29, 1.82) is 0 Å². The lowest BCUT2D eigenvalue weighted by atomic mass is 10.2. The van der Waals surface area contributed by atoms with Crippen LogP contribution in [0.15, 0.2) is 33.6 Å². The summed E-state index contributed by atoms with van der Waals surface area (Å²) < 4.78 is 27.2. The molecule has 1 aromatic rings. The average Bonchev–Trinajstić information content (AvgIpc) is 2.15. The maximum absolute atomic E-state index is 11.9. The van der Waals surface area contributed by atoms with Crippen molar-refractivity contribution < 1.29 is 8.42 Å². The number of nitrogens with one attached hydrogen (secondary N) is 1. The van der Waals surface area contributed by atoms with Crippen LogP contribution >= 0.6 is 27.7 Å². The zero-order chi connectivity index (χ0) is 11.6. The van der Waals surface area contributed by atoms with E-state index in [1.54, 1.807) is 24.3 Å². The van der Waals surface area contributed by atoms with Crippen LogP contribution in [-0.4, -0.2) is 26.5 Å². The third-order valence-electron chi connectivity index (χ3n) is 2.39. The molecule has 1 aliphatic rings. The van der Waals surface area contributed by atoms with Gasteiger partial charge in [0.1, 0.15) is 0 Å². The highest BCUT2D eigenvalue weighted by Gasteiger charge is 2.21. The lowest BCUT2D eigenvalue weighted by Gasteiger charge is -2.24. The Kier molecular flexibility index (Phi) is 3.94. The van der Waals surface area contributed by atoms with E-state index in [1.807, 2.05) is 11.8 Å². The SMILES string of the molecule is O=S(=O)(NCC1CSC1)c1ccc(Br)cc1. The van der Waals surface area contributed by atoms with Gasteiger partial charge in [0.05, 0.1) is 4.90 Å². The van der Waals surface area contributed by atoms with Gasteiger partial charge in [-0.15, -0.1) is 0 Å². The predicted octanol–water partition coefficient (Wildman–Crippen LogP) is 2.09. The second kappa shape index (κ2) is 5.08. The van der Waals surface area contributed by atoms with E-state index >= 15 is 0 Å². The highest BCUT2D eigenvalue weighted by molar-refractivity contribution is 9.10. The molecule has 0 amide bonds. The molecule has 16 heavy (non-hydrogen) atoms. The van der Waals surface area contributed by atoms with Crippen LogP contribution in [0.4, 0.5) is 0 Å². The average molecular weight is 322 g/mol. The summed E-state index contributed by atoms with van der Waals surface area (Å²) in [5.74, 6) is 2.61. The molecule has 1 fully saturated rings. The van der Waals surface area contributed by atoms with Crippen LogP contribution in [0.1, 0.15) is 0 Å². The van der Waals surface area contributed by atoms with Crippen molar-refractivity contribution >= 4 is 37.7 Å². The van der Waals surface area contributed by atoms with Crippen molar-refractivity contribution in [3.05, 3.63) is 28.7 Å². The second-order valence-corrected chi connectivity index (χ2v) is 7.47. The van der Waals surface area contributed by atoms with E-state index < -0.39 is 10.0 Å². The lowest BCUT2D eigenvalue weighted by Crippen LogP contribution is -2.35. The Morgan fingerprint density at radius 2 is 1.94 bits per heavy atom. The van der Waals surface area contributed by atoms with Crippen LogP contribution in [0.3, 0.4) is 0 Å². The molecular formula is C10H12BrNO2S2.